The quantitative estimate of drug-likeness (QED) is 0.639. The van der Waals surface area contributed by atoms with Crippen LogP contribution < -0.4 is 15.0 Å². The number of methoxy groups -OCH3 is 1. The van der Waals surface area contributed by atoms with Crippen LogP contribution in [0.4, 0.5) is 11.4 Å². The molecule has 0 saturated carbocycles. The summed E-state index contributed by atoms with van der Waals surface area (Å²) in [5, 5.41) is 2.81. The normalized spacial score (nSPS) is 23.1. The van der Waals surface area contributed by atoms with Gasteiger partial charge in [-0.05, 0) is 42.7 Å². The number of hydrogen-bond acceptors (Lipinski definition) is 4. The number of fused-ring (bicyclic) bond motifs is 1. The summed E-state index contributed by atoms with van der Waals surface area (Å²) in [4.78, 5) is 39.8. The van der Waals surface area contributed by atoms with E-state index in [-0.39, 0.29) is 35.5 Å². The van der Waals surface area contributed by atoms with Crippen molar-refractivity contribution in [3.8, 4) is 5.75 Å². The van der Waals surface area contributed by atoms with Crippen molar-refractivity contribution in [3.63, 3.8) is 0 Å². The van der Waals surface area contributed by atoms with Crippen LogP contribution in [-0.2, 0) is 9.59 Å². The van der Waals surface area contributed by atoms with Crippen molar-refractivity contribution in [1.29, 1.82) is 0 Å². The van der Waals surface area contributed by atoms with E-state index in [2.05, 4.69) is 5.32 Å². The monoisotopic (exact) mass is 390 g/mol. The summed E-state index contributed by atoms with van der Waals surface area (Å²) in [6.45, 7) is 1.96. The van der Waals surface area contributed by atoms with E-state index in [1.54, 1.807) is 55.6 Å². The number of carbonyl (C=O) groups excluding carboxylic acids is 3. The molecule has 0 bridgehead atoms. The third-order valence-electron chi connectivity index (χ3n) is 5.57. The molecule has 4 rings (SSSR count). The summed E-state index contributed by atoms with van der Waals surface area (Å²) in [6.07, 6.45) is 4.54. The van der Waals surface area contributed by atoms with Gasteiger partial charge in [0.15, 0.2) is 0 Å². The highest BCUT2D eigenvalue weighted by molar-refractivity contribution is 6.22. The van der Waals surface area contributed by atoms with Gasteiger partial charge in [0.05, 0.1) is 24.6 Å². The molecule has 1 aliphatic heterocycles. The van der Waals surface area contributed by atoms with Crippen LogP contribution in [0.15, 0.2) is 60.7 Å². The topological polar surface area (TPSA) is 75.7 Å². The molecular weight excluding hydrogens is 368 g/mol. The third kappa shape index (κ3) is 3.42. The number of amides is 3. The second-order valence-corrected chi connectivity index (χ2v) is 7.40. The minimum atomic E-state index is -0.332. The van der Waals surface area contributed by atoms with Crippen LogP contribution in [0, 0.1) is 17.8 Å². The van der Waals surface area contributed by atoms with E-state index in [0.29, 0.717) is 29.1 Å². The maximum Gasteiger partial charge on any atom is 0.255 e. The van der Waals surface area contributed by atoms with E-state index in [1.165, 1.54) is 4.90 Å². The molecule has 1 fully saturated rings. The summed E-state index contributed by atoms with van der Waals surface area (Å²) in [5.41, 5.74) is 1.39. The predicted octanol–water partition coefficient (Wildman–Crippen LogP) is 3.65. The highest BCUT2D eigenvalue weighted by Gasteiger charge is 2.50. The molecule has 3 atom stereocenters. The molecule has 2 aromatic rings. The largest absolute Gasteiger partial charge is 0.497 e. The van der Waals surface area contributed by atoms with E-state index in [4.69, 9.17) is 4.74 Å². The van der Waals surface area contributed by atoms with Crippen molar-refractivity contribution < 1.29 is 19.1 Å². The van der Waals surface area contributed by atoms with E-state index in [1.807, 2.05) is 19.1 Å². The zero-order chi connectivity index (χ0) is 20.5. The summed E-state index contributed by atoms with van der Waals surface area (Å²) in [5.74, 6) is -0.709. The van der Waals surface area contributed by atoms with E-state index in [9.17, 15) is 14.4 Å². The smallest absolute Gasteiger partial charge is 0.255 e. The molecular formula is C23H22N2O4. The standard InChI is InChI=1S/C23H22N2O4/c1-14-6-3-11-19-20(14)23(28)25(22(19)27)17-9-4-7-15(12-17)21(26)24-16-8-5-10-18(13-16)29-2/h3-10,12-14,19-20H,11H2,1-2H3,(H,24,26)/t14-,19+,20+/m0/s1. The van der Waals surface area contributed by atoms with Crippen LogP contribution in [0.3, 0.4) is 0 Å². The van der Waals surface area contributed by atoms with Crippen molar-refractivity contribution in [1.82, 2.24) is 0 Å². The van der Waals surface area contributed by atoms with Crippen LogP contribution in [0.5, 0.6) is 5.75 Å². The number of ether oxygens (including phenoxy) is 1. The van der Waals surface area contributed by atoms with Crippen LogP contribution >= 0.6 is 0 Å². The molecule has 0 spiro atoms. The predicted molar refractivity (Wildman–Crippen MR) is 110 cm³/mol. The highest BCUT2D eigenvalue weighted by atomic mass is 16.5. The molecule has 0 aromatic heterocycles. The molecule has 2 aromatic carbocycles. The van der Waals surface area contributed by atoms with Gasteiger partial charge in [-0.1, -0.05) is 31.2 Å². The SMILES string of the molecule is COc1cccc(NC(=O)c2cccc(N3C(=O)[C@@H]4[C@@H](C)C=CC[C@H]4C3=O)c2)c1. The zero-order valence-electron chi connectivity index (χ0n) is 16.3. The molecule has 6 nitrogen and oxygen atoms in total. The maximum atomic E-state index is 13.0. The average molecular weight is 390 g/mol. The summed E-state index contributed by atoms with van der Waals surface area (Å²) in [7, 11) is 1.56. The van der Waals surface area contributed by atoms with Gasteiger partial charge in [-0.25, -0.2) is 0 Å². The Hall–Kier alpha value is -3.41. The Labute approximate surface area is 169 Å². The van der Waals surface area contributed by atoms with Gasteiger partial charge in [-0.2, -0.15) is 0 Å². The summed E-state index contributed by atoms with van der Waals surface area (Å²) >= 11 is 0. The fourth-order valence-corrected chi connectivity index (χ4v) is 4.09. The van der Waals surface area contributed by atoms with Gasteiger partial charge in [0.25, 0.3) is 5.91 Å². The Morgan fingerprint density at radius 3 is 2.66 bits per heavy atom. The Morgan fingerprint density at radius 1 is 1.10 bits per heavy atom. The number of imide groups is 1. The minimum absolute atomic E-state index is 0.0229. The molecule has 2 aliphatic rings. The van der Waals surface area contributed by atoms with Crippen molar-refractivity contribution in [3.05, 3.63) is 66.2 Å². The van der Waals surface area contributed by atoms with Crippen molar-refractivity contribution in [2.24, 2.45) is 17.8 Å². The van der Waals surface area contributed by atoms with Gasteiger partial charge >= 0.3 is 0 Å². The van der Waals surface area contributed by atoms with E-state index in [0.717, 1.165) is 0 Å². The number of benzene rings is 2. The van der Waals surface area contributed by atoms with E-state index < -0.39 is 0 Å². The number of hydrogen-bond donors (Lipinski definition) is 1. The second kappa shape index (κ2) is 7.54. The molecule has 29 heavy (non-hydrogen) atoms. The van der Waals surface area contributed by atoms with Crippen LogP contribution in [0.1, 0.15) is 23.7 Å². The fourth-order valence-electron chi connectivity index (χ4n) is 4.09. The summed E-state index contributed by atoms with van der Waals surface area (Å²) in [6, 6.07) is 13.7. The van der Waals surface area contributed by atoms with E-state index >= 15 is 0 Å². The number of nitrogens with one attached hydrogen (secondary N) is 1. The number of rotatable bonds is 4. The first-order valence-corrected chi connectivity index (χ1v) is 9.59. The number of anilines is 2. The lowest BCUT2D eigenvalue weighted by molar-refractivity contribution is -0.122. The Balaban J connectivity index is 1.58. The lowest BCUT2D eigenvalue weighted by Crippen LogP contribution is -2.31. The summed E-state index contributed by atoms with van der Waals surface area (Å²) < 4.78 is 5.17. The van der Waals surface area contributed by atoms with Crippen molar-refractivity contribution in [2.45, 2.75) is 13.3 Å². The van der Waals surface area contributed by atoms with Gasteiger partial charge in [-0.3, -0.25) is 19.3 Å². The molecule has 0 unspecified atom stereocenters. The number of nitrogens with zero attached hydrogens (tertiary/aromatic N) is 1. The maximum absolute atomic E-state index is 13.0. The number of allylic oxidation sites excluding steroid dienone is 2. The fraction of sp³-hybridized carbons (Fsp3) is 0.261. The molecule has 148 valence electrons. The van der Waals surface area contributed by atoms with Crippen LogP contribution in [0.2, 0.25) is 0 Å². The van der Waals surface area contributed by atoms with Gasteiger partial charge in [0.1, 0.15) is 5.75 Å². The molecule has 1 heterocycles. The van der Waals surface area contributed by atoms with Crippen LogP contribution in [0.25, 0.3) is 0 Å². The second-order valence-electron chi connectivity index (χ2n) is 7.40. The van der Waals surface area contributed by atoms with Gasteiger partial charge in [0, 0.05) is 17.3 Å². The average Bonchev–Trinajstić information content (AvgIpc) is 2.99. The molecule has 0 radical (unpaired) electrons. The van der Waals surface area contributed by atoms with Crippen LogP contribution in [-0.4, -0.2) is 24.8 Å². The van der Waals surface area contributed by atoms with Gasteiger partial charge < -0.3 is 10.1 Å². The lowest BCUT2D eigenvalue weighted by atomic mass is 9.78. The molecule has 1 saturated heterocycles. The molecule has 3 amide bonds. The molecule has 1 aliphatic carbocycles. The lowest BCUT2D eigenvalue weighted by Gasteiger charge is -2.22. The van der Waals surface area contributed by atoms with Gasteiger partial charge in [-0.15, -0.1) is 0 Å². The first kappa shape index (κ1) is 18.9. The Morgan fingerprint density at radius 2 is 1.90 bits per heavy atom. The molecule has 1 N–H and O–H groups in total. The first-order valence-electron chi connectivity index (χ1n) is 9.59. The van der Waals surface area contributed by atoms with Gasteiger partial charge in [0.2, 0.25) is 11.8 Å². The first-order chi connectivity index (χ1) is 14.0. The highest BCUT2D eigenvalue weighted by Crippen LogP contribution is 2.40. The third-order valence-corrected chi connectivity index (χ3v) is 5.57. The van der Waals surface area contributed by atoms with Crippen molar-refractivity contribution in [2.75, 3.05) is 17.3 Å². The zero-order valence-corrected chi connectivity index (χ0v) is 16.3. The Kier molecular flexibility index (Phi) is 4.92. The van der Waals surface area contributed by atoms with Crippen molar-refractivity contribution >= 4 is 29.1 Å². The Bertz CT molecular complexity index is 1010. The number of carbonyl (C=O) groups is 3. The molecule has 6 heteroatoms. The minimum Gasteiger partial charge on any atom is -0.497 e.